The standard InChI is InChI=1S/C10H11N3/c11-6-7-1-2-8-9(12)3-4-13-10(8)5-7/h1-5H,6,11H2,(H2,12,13). The molecule has 0 aliphatic heterocycles. The highest BCUT2D eigenvalue weighted by Crippen LogP contribution is 2.19. The molecule has 0 atom stereocenters. The predicted octanol–water partition coefficient (Wildman–Crippen LogP) is 1.28. The average Bonchev–Trinajstić information content (AvgIpc) is 2.18. The van der Waals surface area contributed by atoms with Gasteiger partial charge in [-0.1, -0.05) is 12.1 Å². The van der Waals surface area contributed by atoms with Crippen LogP contribution in [0.5, 0.6) is 0 Å². The smallest absolute Gasteiger partial charge is 0.0725 e. The van der Waals surface area contributed by atoms with E-state index in [1.54, 1.807) is 12.3 Å². The van der Waals surface area contributed by atoms with E-state index in [0.717, 1.165) is 22.2 Å². The van der Waals surface area contributed by atoms with Gasteiger partial charge in [0.15, 0.2) is 0 Å². The molecule has 2 aromatic rings. The van der Waals surface area contributed by atoms with Gasteiger partial charge in [-0.05, 0) is 17.7 Å². The van der Waals surface area contributed by atoms with Crippen LogP contribution in [-0.2, 0) is 6.54 Å². The van der Waals surface area contributed by atoms with Crippen molar-refractivity contribution in [1.29, 1.82) is 0 Å². The van der Waals surface area contributed by atoms with Gasteiger partial charge in [-0.2, -0.15) is 0 Å². The van der Waals surface area contributed by atoms with Crippen LogP contribution in [-0.4, -0.2) is 4.98 Å². The number of rotatable bonds is 1. The van der Waals surface area contributed by atoms with Gasteiger partial charge in [0.05, 0.1) is 5.52 Å². The van der Waals surface area contributed by atoms with Crippen molar-refractivity contribution >= 4 is 16.6 Å². The van der Waals surface area contributed by atoms with Crippen LogP contribution < -0.4 is 11.5 Å². The largest absolute Gasteiger partial charge is 0.398 e. The van der Waals surface area contributed by atoms with E-state index in [9.17, 15) is 0 Å². The van der Waals surface area contributed by atoms with Gasteiger partial charge in [-0.15, -0.1) is 0 Å². The van der Waals surface area contributed by atoms with Gasteiger partial charge in [-0.3, -0.25) is 4.98 Å². The van der Waals surface area contributed by atoms with Gasteiger partial charge in [0.25, 0.3) is 0 Å². The summed E-state index contributed by atoms with van der Waals surface area (Å²) in [5.74, 6) is 0. The Morgan fingerprint density at radius 3 is 2.85 bits per heavy atom. The molecule has 0 saturated heterocycles. The van der Waals surface area contributed by atoms with Gasteiger partial charge >= 0.3 is 0 Å². The zero-order chi connectivity index (χ0) is 9.26. The van der Waals surface area contributed by atoms with Crippen LogP contribution in [0.4, 0.5) is 5.69 Å². The SMILES string of the molecule is NCc1ccc2c(N)ccnc2c1. The van der Waals surface area contributed by atoms with Gasteiger partial charge in [0.1, 0.15) is 0 Å². The van der Waals surface area contributed by atoms with Crippen LogP contribution >= 0.6 is 0 Å². The fourth-order valence-corrected chi connectivity index (χ4v) is 1.34. The summed E-state index contributed by atoms with van der Waals surface area (Å²) in [7, 11) is 0. The highest BCUT2D eigenvalue weighted by atomic mass is 14.7. The Morgan fingerprint density at radius 1 is 1.23 bits per heavy atom. The van der Waals surface area contributed by atoms with Crippen molar-refractivity contribution in [3.05, 3.63) is 36.0 Å². The zero-order valence-electron chi connectivity index (χ0n) is 7.20. The number of anilines is 1. The summed E-state index contributed by atoms with van der Waals surface area (Å²) in [6.07, 6.45) is 1.71. The van der Waals surface area contributed by atoms with E-state index in [-0.39, 0.29) is 0 Å². The van der Waals surface area contributed by atoms with E-state index in [1.807, 2.05) is 18.2 Å². The summed E-state index contributed by atoms with van der Waals surface area (Å²) in [6.45, 7) is 0.534. The van der Waals surface area contributed by atoms with Gasteiger partial charge in [0, 0.05) is 23.8 Å². The van der Waals surface area contributed by atoms with Gasteiger partial charge < -0.3 is 11.5 Å². The molecule has 1 aromatic carbocycles. The summed E-state index contributed by atoms with van der Waals surface area (Å²) >= 11 is 0. The molecule has 3 heteroatoms. The highest BCUT2D eigenvalue weighted by Gasteiger charge is 1.98. The maximum atomic E-state index is 5.78. The Morgan fingerprint density at radius 2 is 2.08 bits per heavy atom. The molecule has 13 heavy (non-hydrogen) atoms. The first-order chi connectivity index (χ1) is 6.31. The Kier molecular flexibility index (Phi) is 1.87. The number of nitrogens with zero attached hydrogens (tertiary/aromatic N) is 1. The number of aromatic nitrogens is 1. The molecule has 2 rings (SSSR count). The lowest BCUT2D eigenvalue weighted by molar-refractivity contribution is 1.07. The average molecular weight is 173 g/mol. The number of benzene rings is 1. The van der Waals surface area contributed by atoms with Crippen molar-refractivity contribution in [3.63, 3.8) is 0 Å². The Balaban J connectivity index is 2.72. The number of pyridine rings is 1. The third-order valence-electron chi connectivity index (χ3n) is 2.08. The third-order valence-corrected chi connectivity index (χ3v) is 2.08. The van der Waals surface area contributed by atoms with Crippen LogP contribution in [0.15, 0.2) is 30.5 Å². The lowest BCUT2D eigenvalue weighted by Gasteiger charge is -2.02. The molecule has 66 valence electrons. The normalized spacial score (nSPS) is 10.5. The fraction of sp³-hybridized carbons (Fsp3) is 0.100. The minimum atomic E-state index is 0.534. The topological polar surface area (TPSA) is 64.9 Å². The molecule has 0 aliphatic carbocycles. The quantitative estimate of drug-likeness (QED) is 0.682. The molecule has 1 heterocycles. The second-order valence-corrected chi connectivity index (χ2v) is 2.96. The van der Waals surface area contributed by atoms with Crippen LogP contribution in [0, 0.1) is 0 Å². The molecule has 0 bridgehead atoms. The fourth-order valence-electron chi connectivity index (χ4n) is 1.34. The second kappa shape index (κ2) is 3.03. The van der Waals surface area contributed by atoms with Crippen LogP contribution in [0.25, 0.3) is 10.9 Å². The minimum absolute atomic E-state index is 0.534. The summed E-state index contributed by atoms with van der Waals surface area (Å²) in [5.41, 5.74) is 14.0. The Bertz CT molecular complexity index is 437. The van der Waals surface area contributed by atoms with E-state index in [4.69, 9.17) is 11.5 Å². The second-order valence-electron chi connectivity index (χ2n) is 2.96. The summed E-state index contributed by atoms with van der Waals surface area (Å²) in [4.78, 5) is 4.22. The molecular weight excluding hydrogens is 162 g/mol. The maximum absolute atomic E-state index is 5.78. The summed E-state index contributed by atoms with van der Waals surface area (Å²) in [5, 5.41) is 0.986. The van der Waals surface area contributed by atoms with Gasteiger partial charge in [0.2, 0.25) is 0 Å². The monoisotopic (exact) mass is 173 g/mol. The molecule has 1 aromatic heterocycles. The predicted molar refractivity (Wildman–Crippen MR) is 54.0 cm³/mol. The van der Waals surface area contributed by atoms with Crippen molar-refractivity contribution in [2.75, 3.05) is 5.73 Å². The first kappa shape index (κ1) is 8.01. The van der Waals surface area contributed by atoms with E-state index in [0.29, 0.717) is 6.54 Å². The molecule has 0 saturated carbocycles. The van der Waals surface area contributed by atoms with Crippen molar-refractivity contribution in [3.8, 4) is 0 Å². The Hall–Kier alpha value is -1.61. The molecule has 0 aliphatic rings. The molecule has 4 N–H and O–H groups in total. The zero-order valence-corrected chi connectivity index (χ0v) is 7.20. The lowest BCUT2D eigenvalue weighted by atomic mass is 10.1. The first-order valence-corrected chi connectivity index (χ1v) is 4.14. The number of fused-ring (bicyclic) bond motifs is 1. The first-order valence-electron chi connectivity index (χ1n) is 4.14. The molecule has 0 amide bonds. The van der Waals surface area contributed by atoms with Crippen molar-refractivity contribution in [1.82, 2.24) is 4.98 Å². The van der Waals surface area contributed by atoms with E-state index < -0.39 is 0 Å². The summed E-state index contributed by atoms with van der Waals surface area (Å²) in [6, 6.07) is 7.69. The van der Waals surface area contributed by atoms with Crippen LogP contribution in [0.3, 0.4) is 0 Å². The molecule has 0 unspecified atom stereocenters. The number of nitrogens with two attached hydrogens (primary N) is 2. The Labute approximate surface area is 76.4 Å². The van der Waals surface area contributed by atoms with Crippen LogP contribution in [0.1, 0.15) is 5.56 Å². The molecule has 0 radical (unpaired) electrons. The van der Waals surface area contributed by atoms with E-state index >= 15 is 0 Å². The van der Waals surface area contributed by atoms with Crippen molar-refractivity contribution in [2.45, 2.75) is 6.54 Å². The maximum Gasteiger partial charge on any atom is 0.0725 e. The van der Waals surface area contributed by atoms with Crippen LogP contribution in [0.2, 0.25) is 0 Å². The molecule has 0 fully saturated rings. The van der Waals surface area contributed by atoms with E-state index in [1.165, 1.54) is 0 Å². The highest BCUT2D eigenvalue weighted by molar-refractivity contribution is 5.90. The number of nitrogen functional groups attached to an aromatic ring is 1. The van der Waals surface area contributed by atoms with Crippen molar-refractivity contribution < 1.29 is 0 Å². The molecule has 3 nitrogen and oxygen atoms in total. The molecule has 0 spiro atoms. The third kappa shape index (κ3) is 1.34. The minimum Gasteiger partial charge on any atom is -0.398 e. The molecular formula is C10H11N3. The number of hydrogen-bond donors (Lipinski definition) is 2. The number of hydrogen-bond acceptors (Lipinski definition) is 3. The van der Waals surface area contributed by atoms with Gasteiger partial charge in [-0.25, -0.2) is 0 Å². The van der Waals surface area contributed by atoms with Crippen molar-refractivity contribution in [2.24, 2.45) is 5.73 Å². The lowest BCUT2D eigenvalue weighted by Crippen LogP contribution is -1.96. The van der Waals surface area contributed by atoms with E-state index in [2.05, 4.69) is 4.98 Å². The summed E-state index contributed by atoms with van der Waals surface area (Å²) < 4.78 is 0.